The molecular formula is C18H26N2O4. The van der Waals surface area contributed by atoms with Crippen molar-refractivity contribution in [2.24, 2.45) is 0 Å². The minimum atomic E-state index is -0.473. The second-order valence-corrected chi connectivity index (χ2v) is 6.46. The standard InChI is InChI=1S/C18H26N2O4/c1-18(2,3)24-17(21)20-9-5-4-8-19-13-14-6-7-15-16(12-14)23-11-10-22-15/h4-7,12,19H,8-11,13H2,1-3H3,(H,20,21)/b5-4+. The highest BCUT2D eigenvalue weighted by molar-refractivity contribution is 5.67. The first kappa shape index (κ1) is 18.1. The summed E-state index contributed by atoms with van der Waals surface area (Å²) in [6.45, 7) is 8.61. The summed E-state index contributed by atoms with van der Waals surface area (Å²) in [6, 6.07) is 5.95. The molecular weight excluding hydrogens is 308 g/mol. The van der Waals surface area contributed by atoms with E-state index in [0.717, 1.165) is 23.6 Å². The number of fused-ring (bicyclic) bond motifs is 1. The van der Waals surface area contributed by atoms with E-state index in [0.29, 0.717) is 26.3 Å². The number of hydrogen-bond acceptors (Lipinski definition) is 5. The Morgan fingerprint density at radius 2 is 1.88 bits per heavy atom. The molecule has 0 saturated carbocycles. The number of hydrogen-bond donors (Lipinski definition) is 2. The van der Waals surface area contributed by atoms with Crippen molar-refractivity contribution in [1.29, 1.82) is 0 Å². The number of nitrogens with one attached hydrogen (secondary N) is 2. The first-order valence-corrected chi connectivity index (χ1v) is 8.15. The van der Waals surface area contributed by atoms with Gasteiger partial charge >= 0.3 is 6.09 Å². The number of carbonyl (C=O) groups is 1. The minimum Gasteiger partial charge on any atom is -0.486 e. The van der Waals surface area contributed by atoms with E-state index in [-0.39, 0.29) is 0 Å². The lowest BCUT2D eigenvalue weighted by Gasteiger charge is -2.19. The first-order valence-electron chi connectivity index (χ1n) is 8.15. The van der Waals surface area contributed by atoms with E-state index >= 15 is 0 Å². The minimum absolute atomic E-state index is 0.406. The third kappa shape index (κ3) is 6.50. The molecule has 0 aromatic heterocycles. The number of alkyl carbamates (subject to hydrolysis) is 1. The second-order valence-electron chi connectivity index (χ2n) is 6.46. The van der Waals surface area contributed by atoms with Gasteiger partial charge in [0.25, 0.3) is 0 Å². The molecule has 6 heteroatoms. The summed E-state index contributed by atoms with van der Waals surface area (Å²) < 4.78 is 16.2. The van der Waals surface area contributed by atoms with Crippen LogP contribution in [0.2, 0.25) is 0 Å². The van der Waals surface area contributed by atoms with Gasteiger partial charge in [-0.1, -0.05) is 18.2 Å². The molecule has 0 aliphatic carbocycles. The van der Waals surface area contributed by atoms with E-state index in [1.165, 1.54) is 0 Å². The SMILES string of the molecule is CC(C)(C)OC(=O)NC/C=C/CNCc1ccc2c(c1)OCCO2. The van der Waals surface area contributed by atoms with Crippen molar-refractivity contribution >= 4 is 6.09 Å². The van der Waals surface area contributed by atoms with E-state index < -0.39 is 11.7 Å². The Kier molecular flexibility index (Phi) is 6.49. The van der Waals surface area contributed by atoms with Gasteiger partial charge in [-0.3, -0.25) is 0 Å². The van der Waals surface area contributed by atoms with Gasteiger partial charge < -0.3 is 24.8 Å². The zero-order chi connectivity index (χ0) is 17.4. The molecule has 0 radical (unpaired) electrons. The molecule has 1 aliphatic rings. The van der Waals surface area contributed by atoms with Crippen LogP contribution in [-0.2, 0) is 11.3 Å². The molecule has 1 aromatic rings. The maximum atomic E-state index is 11.4. The number of rotatable bonds is 6. The predicted molar refractivity (Wildman–Crippen MR) is 92.5 cm³/mol. The Bertz CT molecular complexity index is 579. The van der Waals surface area contributed by atoms with Crippen LogP contribution < -0.4 is 20.1 Å². The van der Waals surface area contributed by atoms with Crippen LogP contribution in [0.25, 0.3) is 0 Å². The fraction of sp³-hybridized carbons (Fsp3) is 0.500. The highest BCUT2D eigenvalue weighted by atomic mass is 16.6. The zero-order valence-corrected chi connectivity index (χ0v) is 14.6. The van der Waals surface area contributed by atoms with Gasteiger partial charge in [-0.25, -0.2) is 4.79 Å². The summed E-state index contributed by atoms with van der Waals surface area (Å²) in [5.74, 6) is 1.61. The van der Waals surface area contributed by atoms with Crippen molar-refractivity contribution < 1.29 is 19.0 Å². The molecule has 0 spiro atoms. The number of ether oxygens (including phenoxy) is 3. The fourth-order valence-electron chi connectivity index (χ4n) is 2.12. The number of carbonyl (C=O) groups excluding carboxylic acids is 1. The molecule has 24 heavy (non-hydrogen) atoms. The van der Waals surface area contributed by atoms with Gasteiger partial charge in [0, 0.05) is 19.6 Å². The van der Waals surface area contributed by atoms with Crippen LogP contribution in [0, 0.1) is 0 Å². The van der Waals surface area contributed by atoms with Crippen molar-refractivity contribution in [1.82, 2.24) is 10.6 Å². The van der Waals surface area contributed by atoms with Crippen molar-refractivity contribution in [3.63, 3.8) is 0 Å². The van der Waals surface area contributed by atoms with Crippen LogP contribution in [-0.4, -0.2) is 38.0 Å². The van der Waals surface area contributed by atoms with Crippen LogP contribution in [0.1, 0.15) is 26.3 Å². The molecule has 1 aromatic carbocycles. The molecule has 0 bridgehead atoms. The smallest absolute Gasteiger partial charge is 0.407 e. The van der Waals surface area contributed by atoms with Gasteiger partial charge in [-0.15, -0.1) is 0 Å². The van der Waals surface area contributed by atoms with Gasteiger partial charge in [0.2, 0.25) is 0 Å². The monoisotopic (exact) mass is 334 g/mol. The predicted octanol–water partition coefficient (Wildman–Crippen LogP) is 2.63. The van der Waals surface area contributed by atoms with Crippen molar-refractivity contribution in [2.45, 2.75) is 32.9 Å². The Balaban J connectivity index is 1.62. The molecule has 2 rings (SSSR count). The van der Waals surface area contributed by atoms with E-state index in [1.54, 1.807) is 0 Å². The largest absolute Gasteiger partial charge is 0.486 e. The van der Waals surface area contributed by atoms with Crippen LogP contribution in [0.15, 0.2) is 30.4 Å². The molecule has 0 fully saturated rings. The zero-order valence-electron chi connectivity index (χ0n) is 14.6. The number of benzene rings is 1. The van der Waals surface area contributed by atoms with Gasteiger partial charge in [-0.05, 0) is 38.5 Å². The average molecular weight is 334 g/mol. The van der Waals surface area contributed by atoms with Crippen LogP contribution in [0.4, 0.5) is 4.79 Å². The molecule has 6 nitrogen and oxygen atoms in total. The summed E-state index contributed by atoms with van der Waals surface area (Å²) >= 11 is 0. The summed E-state index contributed by atoms with van der Waals surface area (Å²) in [5, 5.41) is 5.98. The maximum Gasteiger partial charge on any atom is 0.407 e. The highest BCUT2D eigenvalue weighted by Crippen LogP contribution is 2.30. The summed E-state index contributed by atoms with van der Waals surface area (Å²) in [6.07, 6.45) is 3.45. The Hall–Kier alpha value is -2.21. The van der Waals surface area contributed by atoms with E-state index in [2.05, 4.69) is 10.6 Å². The first-order chi connectivity index (χ1) is 11.4. The van der Waals surface area contributed by atoms with Crippen molar-refractivity contribution in [3.8, 4) is 11.5 Å². The molecule has 1 heterocycles. The van der Waals surface area contributed by atoms with Crippen LogP contribution in [0.5, 0.6) is 11.5 Å². The lowest BCUT2D eigenvalue weighted by atomic mass is 10.2. The van der Waals surface area contributed by atoms with Crippen molar-refractivity contribution in [3.05, 3.63) is 35.9 Å². The molecule has 132 valence electrons. The molecule has 1 aliphatic heterocycles. The quantitative estimate of drug-likeness (QED) is 0.618. The molecule has 1 amide bonds. The van der Waals surface area contributed by atoms with Gasteiger partial charge in [0.15, 0.2) is 11.5 Å². The van der Waals surface area contributed by atoms with Gasteiger partial charge in [-0.2, -0.15) is 0 Å². The van der Waals surface area contributed by atoms with E-state index in [1.807, 2.05) is 51.1 Å². The molecule has 0 saturated heterocycles. The molecule has 0 atom stereocenters. The van der Waals surface area contributed by atoms with Crippen LogP contribution >= 0.6 is 0 Å². The fourth-order valence-corrected chi connectivity index (χ4v) is 2.12. The lowest BCUT2D eigenvalue weighted by molar-refractivity contribution is 0.0534. The summed E-state index contributed by atoms with van der Waals surface area (Å²) in [4.78, 5) is 11.4. The van der Waals surface area contributed by atoms with E-state index in [9.17, 15) is 4.79 Å². The Morgan fingerprint density at radius 1 is 1.17 bits per heavy atom. The summed E-state index contributed by atoms with van der Waals surface area (Å²) in [7, 11) is 0. The highest BCUT2D eigenvalue weighted by Gasteiger charge is 2.15. The van der Waals surface area contributed by atoms with Crippen LogP contribution in [0.3, 0.4) is 0 Å². The Morgan fingerprint density at radius 3 is 2.62 bits per heavy atom. The topological polar surface area (TPSA) is 68.8 Å². The summed E-state index contributed by atoms with van der Waals surface area (Å²) in [5.41, 5.74) is 0.665. The third-order valence-corrected chi connectivity index (χ3v) is 3.13. The third-order valence-electron chi connectivity index (χ3n) is 3.13. The van der Waals surface area contributed by atoms with Crippen molar-refractivity contribution in [2.75, 3.05) is 26.3 Å². The maximum absolute atomic E-state index is 11.4. The lowest BCUT2D eigenvalue weighted by Crippen LogP contribution is -2.32. The Labute approximate surface area is 143 Å². The normalized spacial score (nSPS) is 13.8. The van der Waals surface area contributed by atoms with Gasteiger partial charge in [0.1, 0.15) is 18.8 Å². The number of amides is 1. The molecule has 0 unspecified atom stereocenters. The van der Waals surface area contributed by atoms with E-state index in [4.69, 9.17) is 14.2 Å². The van der Waals surface area contributed by atoms with Gasteiger partial charge in [0.05, 0.1) is 0 Å². The molecule has 2 N–H and O–H groups in total. The average Bonchev–Trinajstić information content (AvgIpc) is 2.52. The second kappa shape index (κ2) is 8.59.